The zero-order valence-corrected chi connectivity index (χ0v) is 23.2. The van der Waals surface area contributed by atoms with E-state index in [1.807, 2.05) is 23.6 Å². The van der Waals surface area contributed by atoms with Crippen LogP contribution in [0.25, 0.3) is 0 Å². The number of nitrogens with zero attached hydrogens (tertiary/aromatic N) is 2. The van der Waals surface area contributed by atoms with Crippen molar-refractivity contribution in [3.05, 3.63) is 65.8 Å². The first-order chi connectivity index (χ1) is 19.1. The minimum atomic E-state index is -1.68. The van der Waals surface area contributed by atoms with Crippen molar-refractivity contribution >= 4 is 17.5 Å². The summed E-state index contributed by atoms with van der Waals surface area (Å²) in [5.41, 5.74) is -0.472. The zero-order chi connectivity index (χ0) is 28.3. The fourth-order valence-corrected chi connectivity index (χ4v) is 8.91. The van der Waals surface area contributed by atoms with E-state index in [2.05, 4.69) is 11.9 Å². The molecule has 1 aromatic heterocycles. The van der Waals surface area contributed by atoms with Gasteiger partial charge in [-0.15, -0.1) is 0 Å². The van der Waals surface area contributed by atoms with Crippen molar-refractivity contribution in [3.63, 3.8) is 0 Å². The molecule has 8 nitrogen and oxygen atoms in total. The lowest BCUT2D eigenvalue weighted by atomic mass is 9.45. The van der Waals surface area contributed by atoms with Crippen LogP contribution in [0.3, 0.4) is 0 Å². The van der Waals surface area contributed by atoms with Crippen molar-refractivity contribution < 1.29 is 29.3 Å². The molecule has 2 N–H and O–H groups in total. The number of carbonyl (C=O) groups is 3. The van der Waals surface area contributed by atoms with Gasteiger partial charge in [0.2, 0.25) is 5.78 Å². The first-order valence-electron chi connectivity index (χ1n) is 14.5. The predicted octanol–water partition coefficient (Wildman–Crippen LogP) is 3.89. The lowest BCUT2D eigenvalue weighted by molar-refractivity contribution is -0.182. The van der Waals surface area contributed by atoms with Crippen LogP contribution in [0.15, 0.2) is 54.6 Å². The van der Waals surface area contributed by atoms with E-state index in [9.17, 15) is 24.6 Å². The highest BCUT2D eigenvalue weighted by molar-refractivity contribution is 5.95. The van der Waals surface area contributed by atoms with E-state index in [-0.39, 0.29) is 35.4 Å². The number of carbonyl (C=O) groups excluding carboxylic acids is 3. The molecule has 0 unspecified atom stereocenters. The molecular formula is C32H38N2O6. The van der Waals surface area contributed by atoms with E-state index in [1.165, 1.54) is 0 Å². The van der Waals surface area contributed by atoms with E-state index in [1.54, 1.807) is 36.9 Å². The highest BCUT2D eigenvalue weighted by atomic mass is 16.5. The van der Waals surface area contributed by atoms with E-state index in [0.29, 0.717) is 31.4 Å². The van der Waals surface area contributed by atoms with Crippen molar-refractivity contribution in [2.75, 3.05) is 6.61 Å². The van der Waals surface area contributed by atoms with Gasteiger partial charge in [0, 0.05) is 30.8 Å². The number of imidazole rings is 1. The van der Waals surface area contributed by atoms with Gasteiger partial charge in [0.1, 0.15) is 5.60 Å². The molecule has 212 valence electrons. The molecule has 0 aliphatic heterocycles. The third-order valence-corrected chi connectivity index (χ3v) is 11.0. The maximum absolute atomic E-state index is 13.6. The van der Waals surface area contributed by atoms with Crippen molar-refractivity contribution in [2.45, 2.75) is 77.0 Å². The number of Topliss-reactive ketones (excluding diaryl/α,β-unsaturated/α-hetero) is 1. The third kappa shape index (κ3) is 4.10. The third-order valence-electron chi connectivity index (χ3n) is 11.0. The Morgan fingerprint density at radius 2 is 1.95 bits per heavy atom. The van der Waals surface area contributed by atoms with Crippen LogP contribution in [-0.4, -0.2) is 55.6 Å². The van der Waals surface area contributed by atoms with Crippen molar-refractivity contribution in [1.82, 2.24) is 9.55 Å². The maximum Gasteiger partial charge on any atom is 0.338 e. The number of rotatable bonds is 6. The second-order valence-electron chi connectivity index (χ2n) is 12.9. The number of ketones is 2. The number of allylic oxidation sites excluding steroid dienone is 1. The number of benzene rings is 1. The molecule has 1 heterocycles. The molecule has 3 fully saturated rings. The molecule has 0 radical (unpaired) electrons. The SMILES string of the molecule is C[C@]12CCC(=O)C=C1CC[C@@H]1[C@@H]2[C@@H](O)C[C@@]2(C)[C@H]1CC[C@]2(O)C(=O)COC(=O)c1ccccc1Cn1ccnc1. The van der Waals surface area contributed by atoms with Crippen LogP contribution in [0.2, 0.25) is 0 Å². The predicted molar refractivity (Wildman–Crippen MR) is 146 cm³/mol. The average molecular weight is 547 g/mol. The Morgan fingerprint density at radius 3 is 2.73 bits per heavy atom. The number of aliphatic hydroxyl groups excluding tert-OH is 1. The van der Waals surface area contributed by atoms with Crippen LogP contribution >= 0.6 is 0 Å². The number of esters is 1. The Bertz CT molecular complexity index is 1370. The highest BCUT2D eigenvalue weighted by Crippen LogP contribution is 2.67. The first kappa shape index (κ1) is 27.1. The normalized spacial score (nSPS) is 36.7. The van der Waals surface area contributed by atoms with Crippen LogP contribution < -0.4 is 0 Å². The smallest absolute Gasteiger partial charge is 0.338 e. The zero-order valence-electron chi connectivity index (χ0n) is 23.2. The van der Waals surface area contributed by atoms with Crippen molar-refractivity contribution in [3.8, 4) is 0 Å². The van der Waals surface area contributed by atoms with Crippen molar-refractivity contribution in [2.24, 2.45) is 28.6 Å². The average Bonchev–Trinajstić information content (AvgIpc) is 3.53. The molecule has 0 saturated heterocycles. The highest BCUT2D eigenvalue weighted by Gasteiger charge is 2.68. The van der Waals surface area contributed by atoms with Gasteiger partial charge in [-0.05, 0) is 79.4 Å². The van der Waals surface area contributed by atoms with Gasteiger partial charge in [-0.1, -0.05) is 37.6 Å². The van der Waals surface area contributed by atoms with Gasteiger partial charge in [0.15, 0.2) is 12.4 Å². The Hall–Kier alpha value is -3.10. The number of aliphatic hydroxyl groups is 2. The van der Waals surface area contributed by atoms with E-state index in [4.69, 9.17) is 4.74 Å². The second-order valence-corrected chi connectivity index (χ2v) is 12.9. The Balaban J connectivity index is 1.19. The lowest BCUT2D eigenvalue weighted by Crippen LogP contribution is -2.62. The molecule has 2 aromatic rings. The number of hydrogen-bond donors (Lipinski definition) is 2. The number of hydrogen-bond acceptors (Lipinski definition) is 7. The molecule has 3 saturated carbocycles. The van der Waals surface area contributed by atoms with Gasteiger partial charge in [-0.2, -0.15) is 0 Å². The van der Waals surface area contributed by atoms with Gasteiger partial charge in [0.05, 0.1) is 18.0 Å². The molecule has 0 spiro atoms. The van der Waals surface area contributed by atoms with Gasteiger partial charge in [0.25, 0.3) is 0 Å². The molecule has 1 aromatic carbocycles. The molecule has 7 atom stereocenters. The topological polar surface area (TPSA) is 119 Å². The maximum atomic E-state index is 13.6. The Kier molecular flexibility index (Phi) is 6.62. The minimum absolute atomic E-state index is 0.000883. The van der Waals surface area contributed by atoms with Gasteiger partial charge >= 0.3 is 5.97 Å². The van der Waals surface area contributed by atoms with E-state index < -0.39 is 35.5 Å². The summed E-state index contributed by atoms with van der Waals surface area (Å²) >= 11 is 0. The molecule has 40 heavy (non-hydrogen) atoms. The monoisotopic (exact) mass is 546 g/mol. The standard InChI is InChI=1S/C32H38N2O6/c1-30-11-9-22(35)15-21(30)7-8-24-25-10-12-32(39,31(25,2)16-26(36)28(24)30)27(37)18-40-29(38)23-6-4-3-5-20(23)17-34-14-13-33-19-34/h3-6,13-15,19,24-26,28,36,39H,7-12,16-18H2,1-2H3/t24-,25-,26-,28+,30-,31-,32-/m0/s1. The van der Waals surface area contributed by atoms with Gasteiger partial charge in [-0.3, -0.25) is 9.59 Å². The summed E-state index contributed by atoms with van der Waals surface area (Å²) < 4.78 is 7.35. The summed E-state index contributed by atoms with van der Waals surface area (Å²) in [7, 11) is 0. The molecule has 4 aliphatic rings. The van der Waals surface area contributed by atoms with Gasteiger partial charge < -0.3 is 19.5 Å². The molecule has 4 aliphatic carbocycles. The van der Waals surface area contributed by atoms with E-state index >= 15 is 0 Å². The van der Waals surface area contributed by atoms with Gasteiger partial charge in [-0.25, -0.2) is 9.78 Å². The quantitative estimate of drug-likeness (QED) is 0.528. The fourth-order valence-electron chi connectivity index (χ4n) is 8.91. The molecular weight excluding hydrogens is 508 g/mol. The molecule has 0 amide bonds. The number of fused-ring (bicyclic) bond motifs is 5. The summed E-state index contributed by atoms with van der Waals surface area (Å²) in [5, 5.41) is 23.5. The Labute approximate surface area is 234 Å². The minimum Gasteiger partial charge on any atom is -0.454 e. The van der Waals surface area contributed by atoms with Crippen LogP contribution in [0.4, 0.5) is 0 Å². The van der Waals surface area contributed by atoms with E-state index in [0.717, 1.165) is 30.4 Å². The molecule has 6 rings (SSSR count). The lowest BCUT2D eigenvalue weighted by Gasteiger charge is -2.60. The molecule has 8 heteroatoms. The summed E-state index contributed by atoms with van der Waals surface area (Å²) in [4.78, 5) is 42.9. The fraction of sp³-hybridized carbons (Fsp3) is 0.562. The summed E-state index contributed by atoms with van der Waals surface area (Å²) in [6.07, 6.45) is 10.4. The van der Waals surface area contributed by atoms with Crippen LogP contribution in [-0.2, 0) is 20.9 Å². The first-order valence-corrected chi connectivity index (χ1v) is 14.5. The second kappa shape index (κ2) is 9.77. The molecule has 0 bridgehead atoms. The summed E-state index contributed by atoms with van der Waals surface area (Å²) in [6.45, 7) is 4.04. The van der Waals surface area contributed by atoms with Crippen molar-refractivity contribution in [1.29, 1.82) is 0 Å². The van der Waals surface area contributed by atoms with Crippen LogP contribution in [0.1, 0.15) is 74.7 Å². The Morgan fingerprint density at radius 1 is 1.15 bits per heavy atom. The summed E-state index contributed by atoms with van der Waals surface area (Å²) in [6, 6.07) is 7.10. The van der Waals surface area contributed by atoms with Crippen LogP contribution in [0, 0.1) is 28.6 Å². The largest absolute Gasteiger partial charge is 0.454 e. The number of ether oxygens (including phenoxy) is 1. The van der Waals surface area contributed by atoms with Crippen LogP contribution in [0.5, 0.6) is 0 Å². The number of aromatic nitrogens is 2. The summed E-state index contributed by atoms with van der Waals surface area (Å²) in [5.74, 6) is -0.723.